The highest BCUT2D eigenvalue weighted by Gasteiger charge is 2.20. The molecule has 1 aliphatic heterocycles. The fourth-order valence-electron chi connectivity index (χ4n) is 3.45. The number of ether oxygens (including phenoxy) is 2. The summed E-state index contributed by atoms with van der Waals surface area (Å²) in [5.41, 5.74) is 1.66. The quantitative estimate of drug-likeness (QED) is 0.409. The maximum absolute atomic E-state index is 13.0. The smallest absolute Gasteiger partial charge is 0.335 e. The molecule has 2 amide bonds. The van der Waals surface area contributed by atoms with Gasteiger partial charge in [-0.2, -0.15) is 0 Å². The lowest BCUT2D eigenvalue weighted by Gasteiger charge is -2.08. The van der Waals surface area contributed by atoms with Gasteiger partial charge in [-0.25, -0.2) is 4.79 Å². The Morgan fingerprint density at radius 1 is 0.971 bits per heavy atom. The number of carbonyl (C=O) groups excluding carboxylic acids is 2. The van der Waals surface area contributed by atoms with Crippen molar-refractivity contribution in [2.45, 2.75) is 32.7 Å². The summed E-state index contributed by atoms with van der Waals surface area (Å²) >= 11 is 1.37. The van der Waals surface area contributed by atoms with E-state index >= 15 is 0 Å². The molecule has 1 aliphatic rings. The molecule has 0 radical (unpaired) electrons. The minimum atomic E-state index is -1.06. The molecule has 0 unspecified atom stereocenters. The zero-order chi connectivity index (χ0) is 24.1. The van der Waals surface area contributed by atoms with Gasteiger partial charge in [0.25, 0.3) is 11.8 Å². The summed E-state index contributed by atoms with van der Waals surface area (Å²) in [6.07, 6.45) is 2.80. The second kappa shape index (κ2) is 10.4. The van der Waals surface area contributed by atoms with Crippen LogP contribution < -0.4 is 20.1 Å². The highest BCUT2D eigenvalue weighted by Crippen LogP contribution is 2.33. The van der Waals surface area contributed by atoms with E-state index in [1.54, 1.807) is 6.07 Å². The van der Waals surface area contributed by atoms with Crippen molar-refractivity contribution in [3.8, 4) is 11.5 Å². The molecule has 176 valence electrons. The number of amides is 2. The monoisotopic (exact) mass is 480 g/mol. The number of anilines is 1. The number of benzene rings is 2. The van der Waals surface area contributed by atoms with Crippen molar-refractivity contribution < 1.29 is 29.0 Å². The van der Waals surface area contributed by atoms with Crippen molar-refractivity contribution in [2.75, 3.05) is 12.1 Å². The number of carboxylic acids is 1. The van der Waals surface area contributed by atoms with Gasteiger partial charge in [-0.15, -0.1) is 11.3 Å². The van der Waals surface area contributed by atoms with Crippen LogP contribution in [0.4, 0.5) is 5.00 Å². The van der Waals surface area contributed by atoms with E-state index in [2.05, 4.69) is 17.6 Å². The van der Waals surface area contributed by atoms with Crippen molar-refractivity contribution >= 4 is 34.1 Å². The van der Waals surface area contributed by atoms with Crippen LogP contribution in [0.5, 0.6) is 11.5 Å². The average molecular weight is 481 g/mol. The summed E-state index contributed by atoms with van der Waals surface area (Å²) in [5.74, 6) is -0.452. The number of unbranched alkanes of at least 4 members (excludes halogenated alkanes) is 1. The maximum Gasteiger partial charge on any atom is 0.335 e. The van der Waals surface area contributed by atoms with Crippen molar-refractivity contribution in [1.82, 2.24) is 5.32 Å². The molecule has 0 atom stereocenters. The van der Waals surface area contributed by atoms with Gasteiger partial charge in [0.05, 0.1) is 11.1 Å². The molecule has 2 aromatic carbocycles. The van der Waals surface area contributed by atoms with Crippen LogP contribution in [0.25, 0.3) is 0 Å². The number of aromatic carboxylic acids is 1. The number of rotatable bonds is 9. The van der Waals surface area contributed by atoms with Crippen LogP contribution in [0.3, 0.4) is 0 Å². The largest absolute Gasteiger partial charge is 0.478 e. The lowest BCUT2D eigenvalue weighted by Crippen LogP contribution is -2.24. The molecule has 0 spiro atoms. The topological polar surface area (TPSA) is 114 Å². The fraction of sp³-hybridized carbons (Fsp3) is 0.240. The molecule has 9 heteroatoms. The summed E-state index contributed by atoms with van der Waals surface area (Å²) in [7, 11) is 0. The lowest BCUT2D eigenvalue weighted by molar-refractivity contribution is 0.0696. The molecule has 0 bridgehead atoms. The Morgan fingerprint density at radius 2 is 1.71 bits per heavy atom. The molecule has 34 heavy (non-hydrogen) atoms. The molecule has 3 aromatic rings. The number of fused-ring (bicyclic) bond motifs is 1. The first-order chi connectivity index (χ1) is 16.4. The summed E-state index contributed by atoms with van der Waals surface area (Å²) in [4.78, 5) is 37.8. The van der Waals surface area contributed by atoms with E-state index in [0.29, 0.717) is 34.2 Å². The van der Waals surface area contributed by atoms with Gasteiger partial charge in [0.2, 0.25) is 6.79 Å². The Hall–Kier alpha value is -3.85. The number of hydrogen-bond donors (Lipinski definition) is 3. The van der Waals surface area contributed by atoms with Crippen LogP contribution in [-0.2, 0) is 13.0 Å². The second-order valence-corrected chi connectivity index (χ2v) is 8.90. The normalized spacial score (nSPS) is 11.8. The van der Waals surface area contributed by atoms with Crippen molar-refractivity contribution in [3.63, 3.8) is 0 Å². The minimum absolute atomic E-state index is 0.0955. The third-order valence-electron chi connectivity index (χ3n) is 5.32. The lowest BCUT2D eigenvalue weighted by atomic mass is 10.1. The van der Waals surface area contributed by atoms with Crippen LogP contribution in [0, 0.1) is 0 Å². The standard InChI is InChI=1S/C25H24N2O6S/c1-2-3-4-18-12-19(23(29)26-13-15-5-10-20-21(11-15)33-14-32-20)24(34-18)27-22(28)16-6-8-17(9-7-16)25(30)31/h5-12H,2-4,13-14H2,1H3,(H,26,29)(H,27,28)(H,30,31). The van der Waals surface area contributed by atoms with Gasteiger partial charge in [-0.3, -0.25) is 9.59 Å². The third-order valence-corrected chi connectivity index (χ3v) is 6.43. The molecule has 1 aromatic heterocycles. The summed E-state index contributed by atoms with van der Waals surface area (Å²) in [6, 6.07) is 12.9. The van der Waals surface area contributed by atoms with Crippen LogP contribution in [-0.4, -0.2) is 29.7 Å². The number of aryl methyl sites for hydroxylation is 1. The van der Waals surface area contributed by atoms with Crippen molar-refractivity contribution in [2.24, 2.45) is 0 Å². The zero-order valence-corrected chi connectivity index (χ0v) is 19.4. The Labute approximate surface area is 200 Å². The van der Waals surface area contributed by atoms with E-state index < -0.39 is 11.9 Å². The van der Waals surface area contributed by atoms with Crippen LogP contribution in [0.15, 0.2) is 48.5 Å². The molecule has 8 nitrogen and oxygen atoms in total. The zero-order valence-electron chi connectivity index (χ0n) is 18.6. The molecule has 2 heterocycles. The average Bonchev–Trinajstić information content (AvgIpc) is 3.47. The predicted octanol–water partition coefficient (Wildman–Crippen LogP) is 4.70. The molecule has 4 rings (SSSR count). The summed E-state index contributed by atoms with van der Waals surface area (Å²) < 4.78 is 10.7. The van der Waals surface area contributed by atoms with Gasteiger partial charge < -0.3 is 25.2 Å². The highest BCUT2D eigenvalue weighted by molar-refractivity contribution is 7.16. The van der Waals surface area contributed by atoms with Crippen LogP contribution >= 0.6 is 11.3 Å². The van der Waals surface area contributed by atoms with Gasteiger partial charge >= 0.3 is 5.97 Å². The van der Waals surface area contributed by atoms with Crippen molar-refractivity contribution in [3.05, 3.63) is 75.7 Å². The van der Waals surface area contributed by atoms with Gasteiger partial charge in [-0.1, -0.05) is 19.4 Å². The number of carboxylic acid groups (broad SMARTS) is 1. The van der Waals surface area contributed by atoms with E-state index in [4.69, 9.17) is 14.6 Å². The SMILES string of the molecule is CCCCc1cc(C(=O)NCc2ccc3c(c2)OCO3)c(NC(=O)c2ccc(C(=O)O)cc2)s1. The Balaban J connectivity index is 1.49. The first kappa shape index (κ1) is 23.3. The van der Waals surface area contributed by atoms with E-state index in [9.17, 15) is 14.4 Å². The predicted molar refractivity (Wildman–Crippen MR) is 128 cm³/mol. The van der Waals surface area contributed by atoms with E-state index in [1.165, 1.54) is 35.6 Å². The van der Waals surface area contributed by atoms with Gasteiger partial charge in [0.15, 0.2) is 11.5 Å². The molecule has 0 saturated carbocycles. The number of carbonyl (C=O) groups is 3. The summed E-state index contributed by atoms with van der Waals surface area (Å²) in [5, 5.41) is 15.2. The van der Waals surface area contributed by atoms with Gasteiger partial charge in [0.1, 0.15) is 5.00 Å². The Kier molecular flexibility index (Phi) is 7.12. The van der Waals surface area contributed by atoms with Crippen LogP contribution in [0.2, 0.25) is 0 Å². The van der Waals surface area contributed by atoms with Gasteiger partial charge in [0, 0.05) is 17.0 Å². The summed E-state index contributed by atoms with van der Waals surface area (Å²) in [6.45, 7) is 2.57. The number of thiophene rings is 1. The Bertz CT molecular complexity index is 1220. The first-order valence-corrected chi connectivity index (χ1v) is 11.7. The fourth-order valence-corrected chi connectivity index (χ4v) is 4.54. The maximum atomic E-state index is 13.0. The van der Waals surface area contributed by atoms with Crippen LogP contribution in [0.1, 0.15) is 61.3 Å². The second-order valence-electron chi connectivity index (χ2n) is 7.77. The van der Waals surface area contributed by atoms with E-state index in [0.717, 1.165) is 29.7 Å². The first-order valence-electron chi connectivity index (χ1n) is 10.9. The molecule has 0 saturated heterocycles. The molecule has 0 fully saturated rings. The number of nitrogens with one attached hydrogen (secondary N) is 2. The van der Waals surface area contributed by atoms with E-state index in [1.807, 2.05) is 18.2 Å². The molecule has 0 aliphatic carbocycles. The van der Waals surface area contributed by atoms with Gasteiger partial charge in [-0.05, 0) is 60.9 Å². The molecule has 3 N–H and O–H groups in total. The molecular formula is C25H24N2O6S. The molecular weight excluding hydrogens is 456 g/mol. The third kappa shape index (κ3) is 5.37. The Morgan fingerprint density at radius 3 is 2.44 bits per heavy atom. The number of hydrogen-bond acceptors (Lipinski definition) is 6. The highest BCUT2D eigenvalue weighted by atomic mass is 32.1. The minimum Gasteiger partial charge on any atom is -0.478 e. The van der Waals surface area contributed by atoms with Crippen molar-refractivity contribution in [1.29, 1.82) is 0 Å². The van der Waals surface area contributed by atoms with E-state index in [-0.39, 0.29) is 18.3 Å².